The van der Waals surface area contributed by atoms with Gasteiger partial charge >= 0.3 is 0 Å². The average molecular weight is 215 g/mol. The minimum absolute atomic E-state index is 0.0469. The van der Waals surface area contributed by atoms with E-state index in [9.17, 15) is 4.79 Å². The van der Waals surface area contributed by atoms with Crippen molar-refractivity contribution in [2.24, 2.45) is 0 Å². The van der Waals surface area contributed by atoms with Gasteiger partial charge in [0.05, 0.1) is 0 Å². The van der Waals surface area contributed by atoms with Gasteiger partial charge in [0.2, 0.25) is 0 Å². The van der Waals surface area contributed by atoms with Gasteiger partial charge in [0.15, 0.2) is 0 Å². The highest BCUT2D eigenvalue weighted by atomic mass is 16.1. The van der Waals surface area contributed by atoms with Crippen molar-refractivity contribution in [1.29, 1.82) is 0 Å². The Bertz CT molecular complexity index is 568. The van der Waals surface area contributed by atoms with E-state index in [1.165, 1.54) is 5.56 Å². The van der Waals surface area contributed by atoms with Gasteiger partial charge in [-0.3, -0.25) is 4.79 Å². The molecule has 0 aliphatic rings. The van der Waals surface area contributed by atoms with Crippen LogP contribution in [-0.4, -0.2) is 4.98 Å². The lowest BCUT2D eigenvalue weighted by atomic mass is 9.98. The van der Waals surface area contributed by atoms with Gasteiger partial charge in [0.1, 0.15) is 0 Å². The van der Waals surface area contributed by atoms with Crippen molar-refractivity contribution in [3.63, 3.8) is 0 Å². The van der Waals surface area contributed by atoms with Gasteiger partial charge in [0.25, 0.3) is 5.56 Å². The molecule has 0 saturated heterocycles. The highest BCUT2D eigenvalue weighted by Gasteiger charge is 2.08. The van der Waals surface area contributed by atoms with Crippen molar-refractivity contribution in [2.75, 3.05) is 0 Å². The van der Waals surface area contributed by atoms with Crippen molar-refractivity contribution in [3.05, 3.63) is 45.7 Å². The van der Waals surface area contributed by atoms with E-state index in [0.717, 1.165) is 22.9 Å². The lowest BCUT2D eigenvalue weighted by Crippen LogP contribution is -2.14. The molecule has 1 heterocycles. The van der Waals surface area contributed by atoms with Gasteiger partial charge in [-0.05, 0) is 42.8 Å². The minimum Gasteiger partial charge on any atom is -0.322 e. The van der Waals surface area contributed by atoms with Crippen molar-refractivity contribution >= 4 is 10.9 Å². The summed E-state index contributed by atoms with van der Waals surface area (Å²) in [6.07, 6.45) is 0.987. The number of aromatic amines is 1. The van der Waals surface area contributed by atoms with Crippen molar-refractivity contribution in [3.8, 4) is 0 Å². The topological polar surface area (TPSA) is 32.9 Å². The first kappa shape index (κ1) is 10.9. The van der Waals surface area contributed by atoms with Gasteiger partial charge < -0.3 is 4.98 Å². The average Bonchev–Trinajstić information content (AvgIpc) is 2.28. The fraction of sp³-hybridized carbons (Fsp3) is 0.357. The molecule has 0 amide bonds. The highest BCUT2D eigenvalue weighted by Crippen LogP contribution is 2.19. The molecule has 0 bridgehead atoms. The first-order valence-corrected chi connectivity index (χ1v) is 5.75. The number of aromatic nitrogens is 1. The largest absolute Gasteiger partial charge is 0.322 e. The summed E-state index contributed by atoms with van der Waals surface area (Å²) >= 11 is 0. The van der Waals surface area contributed by atoms with E-state index in [2.05, 4.69) is 31.8 Å². The molecular formula is C14H17NO. The fourth-order valence-electron chi connectivity index (χ4n) is 1.93. The van der Waals surface area contributed by atoms with Crippen LogP contribution in [0.2, 0.25) is 0 Å². The van der Waals surface area contributed by atoms with Crippen LogP contribution in [0, 0.1) is 6.92 Å². The summed E-state index contributed by atoms with van der Waals surface area (Å²) in [6.45, 7) is 6.25. The monoisotopic (exact) mass is 215 g/mol. The summed E-state index contributed by atoms with van der Waals surface area (Å²) in [6, 6.07) is 8.11. The maximum absolute atomic E-state index is 11.9. The molecule has 0 fully saturated rings. The summed E-state index contributed by atoms with van der Waals surface area (Å²) < 4.78 is 0. The number of H-pyrrole nitrogens is 1. The first-order chi connectivity index (χ1) is 7.61. The van der Waals surface area contributed by atoms with Crippen molar-refractivity contribution in [2.45, 2.75) is 33.1 Å². The molecule has 0 radical (unpaired) electrons. The second kappa shape index (κ2) is 4.12. The van der Waals surface area contributed by atoms with Gasteiger partial charge in [-0.1, -0.05) is 25.5 Å². The van der Waals surface area contributed by atoms with E-state index in [4.69, 9.17) is 0 Å². The number of nitrogens with one attached hydrogen (secondary N) is 1. The molecule has 1 aromatic carbocycles. The smallest absolute Gasteiger partial charge is 0.251 e. The maximum atomic E-state index is 11.9. The number of benzene rings is 1. The molecule has 1 atom stereocenters. The van der Waals surface area contributed by atoms with E-state index in [1.807, 2.05) is 18.2 Å². The van der Waals surface area contributed by atoms with E-state index in [-0.39, 0.29) is 5.56 Å². The predicted octanol–water partition coefficient (Wildman–Crippen LogP) is 3.35. The standard InChI is InChI=1S/C14H17NO/c1-4-10(3)12-8-11-7-9(2)5-6-13(11)15-14(12)16/h5-8,10H,4H2,1-3H3,(H,15,16). The first-order valence-electron chi connectivity index (χ1n) is 5.75. The molecule has 1 aromatic heterocycles. The van der Waals surface area contributed by atoms with Gasteiger partial charge in [-0.15, -0.1) is 0 Å². The van der Waals surface area contributed by atoms with E-state index in [1.54, 1.807) is 0 Å². The molecule has 2 nitrogen and oxygen atoms in total. The Kier molecular flexibility index (Phi) is 2.82. The zero-order chi connectivity index (χ0) is 11.7. The molecule has 0 aliphatic carbocycles. The summed E-state index contributed by atoms with van der Waals surface area (Å²) in [5, 5.41) is 1.12. The summed E-state index contributed by atoms with van der Waals surface area (Å²) in [7, 11) is 0. The van der Waals surface area contributed by atoms with E-state index >= 15 is 0 Å². The van der Waals surface area contributed by atoms with Crippen LogP contribution >= 0.6 is 0 Å². The Labute approximate surface area is 95.3 Å². The molecule has 0 saturated carbocycles. The molecule has 2 aromatic rings. The zero-order valence-corrected chi connectivity index (χ0v) is 10.0. The van der Waals surface area contributed by atoms with Gasteiger partial charge in [-0.25, -0.2) is 0 Å². The molecule has 2 heteroatoms. The van der Waals surface area contributed by atoms with Crippen LogP contribution in [0.15, 0.2) is 29.1 Å². The van der Waals surface area contributed by atoms with E-state index < -0.39 is 0 Å². The van der Waals surface area contributed by atoms with Crippen LogP contribution in [0.3, 0.4) is 0 Å². The molecule has 1 unspecified atom stereocenters. The fourth-order valence-corrected chi connectivity index (χ4v) is 1.93. The molecule has 0 spiro atoms. The molecular weight excluding hydrogens is 198 g/mol. The van der Waals surface area contributed by atoms with Gasteiger partial charge in [-0.2, -0.15) is 0 Å². The minimum atomic E-state index is 0.0469. The normalized spacial score (nSPS) is 12.9. The Morgan fingerprint density at radius 3 is 2.75 bits per heavy atom. The van der Waals surface area contributed by atoms with Crippen molar-refractivity contribution in [1.82, 2.24) is 4.98 Å². The Morgan fingerprint density at radius 1 is 1.31 bits per heavy atom. The van der Waals surface area contributed by atoms with Crippen LogP contribution in [0.4, 0.5) is 0 Å². The number of rotatable bonds is 2. The maximum Gasteiger partial charge on any atom is 0.251 e. The Morgan fingerprint density at radius 2 is 2.06 bits per heavy atom. The van der Waals surface area contributed by atoms with Crippen LogP contribution in [0.5, 0.6) is 0 Å². The lowest BCUT2D eigenvalue weighted by molar-refractivity contribution is 0.724. The highest BCUT2D eigenvalue weighted by molar-refractivity contribution is 5.79. The summed E-state index contributed by atoms with van der Waals surface area (Å²) in [4.78, 5) is 14.8. The molecule has 84 valence electrons. The van der Waals surface area contributed by atoms with Crippen LogP contribution in [-0.2, 0) is 0 Å². The van der Waals surface area contributed by atoms with E-state index in [0.29, 0.717) is 5.92 Å². The van der Waals surface area contributed by atoms with Crippen LogP contribution in [0.1, 0.15) is 37.3 Å². The second-order valence-corrected chi connectivity index (χ2v) is 4.45. The Hall–Kier alpha value is -1.57. The number of pyridine rings is 1. The molecule has 16 heavy (non-hydrogen) atoms. The third-order valence-electron chi connectivity index (χ3n) is 3.17. The quantitative estimate of drug-likeness (QED) is 0.818. The van der Waals surface area contributed by atoms with Gasteiger partial charge in [0, 0.05) is 11.1 Å². The second-order valence-electron chi connectivity index (χ2n) is 4.45. The van der Waals surface area contributed by atoms with Crippen LogP contribution < -0.4 is 5.56 Å². The number of aryl methyl sites for hydroxylation is 1. The molecule has 1 N–H and O–H groups in total. The lowest BCUT2D eigenvalue weighted by Gasteiger charge is -2.09. The SMILES string of the molecule is CCC(C)c1cc2cc(C)ccc2[nH]c1=O. The molecule has 2 rings (SSSR count). The van der Waals surface area contributed by atoms with Crippen LogP contribution in [0.25, 0.3) is 10.9 Å². The third-order valence-corrected chi connectivity index (χ3v) is 3.17. The number of hydrogen-bond donors (Lipinski definition) is 1. The zero-order valence-electron chi connectivity index (χ0n) is 10.0. The van der Waals surface area contributed by atoms with Crippen molar-refractivity contribution < 1.29 is 0 Å². The number of fused-ring (bicyclic) bond motifs is 1. The predicted molar refractivity (Wildman–Crippen MR) is 68.0 cm³/mol. The summed E-state index contributed by atoms with van der Waals surface area (Å²) in [5.41, 5.74) is 3.07. The third kappa shape index (κ3) is 1.87. The number of hydrogen-bond acceptors (Lipinski definition) is 1. The molecule has 0 aliphatic heterocycles. The summed E-state index contributed by atoms with van der Waals surface area (Å²) in [5.74, 6) is 0.314. The Balaban J connectivity index is 2.69.